The lowest BCUT2D eigenvalue weighted by molar-refractivity contribution is -0.114. The van der Waals surface area contributed by atoms with Crippen LogP contribution in [0.1, 0.15) is 16.7 Å². The molecule has 0 bridgehead atoms. The maximum absolute atomic E-state index is 13.6. The number of rotatable bonds is 6. The summed E-state index contributed by atoms with van der Waals surface area (Å²) in [6.45, 7) is 0.322. The fraction of sp³-hybridized carbons (Fsp3) is 0.0345. The van der Waals surface area contributed by atoms with E-state index in [1.54, 1.807) is 24.3 Å². The van der Waals surface area contributed by atoms with Crippen LogP contribution < -0.4 is 9.75 Å². The van der Waals surface area contributed by atoms with Crippen molar-refractivity contribution in [1.29, 1.82) is 0 Å². The van der Waals surface area contributed by atoms with Crippen molar-refractivity contribution in [3.05, 3.63) is 135 Å². The Labute approximate surface area is 213 Å². The molecule has 35 heavy (non-hydrogen) atoms. The summed E-state index contributed by atoms with van der Waals surface area (Å²) in [5, 5.41) is 7.29. The number of para-hydroxylation sites is 1. The summed E-state index contributed by atoms with van der Waals surface area (Å²) in [6, 6.07) is 31.8. The van der Waals surface area contributed by atoms with E-state index in [4.69, 9.17) is 27.9 Å². The summed E-state index contributed by atoms with van der Waals surface area (Å²) >= 11 is 12.4. The Kier molecular flexibility index (Phi) is 6.66. The molecule has 0 saturated carbocycles. The Bertz CT molecular complexity index is 1430. The number of halogens is 2. The predicted molar refractivity (Wildman–Crippen MR) is 142 cm³/mol. The standard InChI is InChI=1S/C29H20Cl2N2O2/c30-23-11-7-8-20(16-23)19-35-27-15-14-24(31)17-22(27)18-26-28(21-9-3-1-4-10-21)32-33(29(26)34)25-12-5-2-6-13-25/h1-18H,19H2/b26-18-. The van der Waals surface area contributed by atoms with Crippen molar-refractivity contribution in [2.75, 3.05) is 5.01 Å². The van der Waals surface area contributed by atoms with E-state index in [-0.39, 0.29) is 5.91 Å². The molecule has 0 aliphatic carbocycles. The number of nitrogens with zero attached hydrogens (tertiary/aromatic N) is 2. The number of amides is 1. The minimum absolute atomic E-state index is 0.226. The first kappa shape index (κ1) is 22.9. The van der Waals surface area contributed by atoms with Gasteiger partial charge in [-0.25, -0.2) is 0 Å². The van der Waals surface area contributed by atoms with Crippen molar-refractivity contribution in [3.8, 4) is 5.75 Å². The van der Waals surface area contributed by atoms with Crippen molar-refractivity contribution in [2.24, 2.45) is 5.10 Å². The molecule has 4 nitrogen and oxygen atoms in total. The van der Waals surface area contributed by atoms with E-state index < -0.39 is 0 Å². The van der Waals surface area contributed by atoms with Crippen LogP contribution in [0.15, 0.2) is 114 Å². The summed E-state index contributed by atoms with van der Waals surface area (Å²) in [7, 11) is 0. The topological polar surface area (TPSA) is 41.9 Å². The highest BCUT2D eigenvalue weighted by Gasteiger charge is 2.32. The molecule has 5 rings (SSSR count). The molecule has 4 aromatic rings. The largest absolute Gasteiger partial charge is 0.488 e. The Hall–Kier alpha value is -3.86. The highest BCUT2D eigenvalue weighted by Crippen LogP contribution is 2.31. The molecule has 1 heterocycles. The van der Waals surface area contributed by atoms with Crippen LogP contribution in [0.2, 0.25) is 10.0 Å². The summed E-state index contributed by atoms with van der Waals surface area (Å²) in [5.41, 5.74) is 4.19. The fourth-order valence-electron chi connectivity index (χ4n) is 3.81. The average molecular weight is 499 g/mol. The van der Waals surface area contributed by atoms with Gasteiger partial charge in [0.05, 0.1) is 11.3 Å². The van der Waals surface area contributed by atoms with E-state index in [0.29, 0.717) is 44.9 Å². The van der Waals surface area contributed by atoms with Crippen LogP contribution >= 0.6 is 23.2 Å². The smallest absolute Gasteiger partial charge is 0.281 e. The van der Waals surface area contributed by atoms with Crippen molar-refractivity contribution in [1.82, 2.24) is 0 Å². The zero-order valence-electron chi connectivity index (χ0n) is 18.6. The molecule has 0 aromatic heterocycles. The van der Waals surface area contributed by atoms with Gasteiger partial charge < -0.3 is 4.74 Å². The number of anilines is 1. The monoisotopic (exact) mass is 498 g/mol. The molecular weight excluding hydrogens is 479 g/mol. The highest BCUT2D eigenvalue weighted by atomic mass is 35.5. The minimum Gasteiger partial charge on any atom is -0.488 e. The van der Waals surface area contributed by atoms with Gasteiger partial charge >= 0.3 is 0 Å². The Morgan fingerprint density at radius 3 is 2.26 bits per heavy atom. The lowest BCUT2D eigenvalue weighted by atomic mass is 10.00. The molecule has 1 aliphatic heterocycles. The van der Waals surface area contributed by atoms with E-state index in [0.717, 1.165) is 11.1 Å². The normalized spacial score (nSPS) is 14.3. The summed E-state index contributed by atoms with van der Waals surface area (Å²) in [6.07, 6.45) is 1.79. The molecule has 6 heteroatoms. The molecule has 0 saturated heterocycles. The van der Waals surface area contributed by atoms with Crippen LogP contribution in [0, 0.1) is 0 Å². The van der Waals surface area contributed by atoms with Gasteiger partial charge in [0.2, 0.25) is 0 Å². The minimum atomic E-state index is -0.226. The van der Waals surface area contributed by atoms with Crippen molar-refractivity contribution in [2.45, 2.75) is 6.61 Å². The number of hydrogen-bond acceptors (Lipinski definition) is 3. The number of carbonyl (C=O) groups is 1. The van der Waals surface area contributed by atoms with Gasteiger partial charge in [0.15, 0.2) is 0 Å². The Morgan fingerprint density at radius 2 is 1.51 bits per heavy atom. The second-order valence-corrected chi connectivity index (χ2v) is 8.80. The molecule has 0 atom stereocenters. The van der Waals surface area contributed by atoms with E-state index in [1.165, 1.54) is 5.01 Å². The molecule has 0 fully saturated rings. The molecule has 0 unspecified atom stereocenters. The SMILES string of the molecule is O=C1/C(=C\c2cc(Cl)ccc2OCc2cccc(Cl)c2)C(c2ccccc2)=NN1c1ccccc1. The molecular formula is C29H20Cl2N2O2. The third-order valence-corrected chi connectivity index (χ3v) is 5.95. The molecule has 1 amide bonds. The first-order valence-electron chi connectivity index (χ1n) is 11.0. The maximum atomic E-state index is 13.6. The maximum Gasteiger partial charge on any atom is 0.281 e. The quantitative estimate of drug-likeness (QED) is 0.259. The van der Waals surface area contributed by atoms with Crippen molar-refractivity contribution >= 4 is 46.6 Å². The van der Waals surface area contributed by atoms with Crippen LogP contribution in [0.4, 0.5) is 5.69 Å². The predicted octanol–water partition coefficient (Wildman–Crippen LogP) is 7.41. The van der Waals surface area contributed by atoms with Gasteiger partial charge in [-0.1, -0.05) is 83.9 Å². The third-order valence-electron chi connectivity index (χ3n) is 5.48. The molecule has 0 spiro atoms. The Balaban J connectivity index is 1.54. The second kappa shape index (κ2) is 10.2. The number of ether oxygens (including phenoxy) is 1. The number of benzene rings is 4. The van der Waals surface area contributed by atoms with E-state index in [2.05, 4.69) is 5.10 Å². The lowest BCUT2D eigenvalue weighted by Crippen LogP contribution is -2.21. The van der Waals surface area contributed by atoms with E-state index >= 15 is 0 Å². The first-order valence-corrected chi connectivity index (χ1v) is 11.8. The van der Waals surface area contributed by atoms with Gasteiger partial charge in [0, 0.05) is 21.2 Å². The van der Waals surface area contributed by atoms with Crippen LogP contribution in [-0.4, -0.2) is 11.6 Å². The van der Waals surface area contributed by atoms with E-state index in [9.17, 15) is 4.79 Å². The molecule has 0 radical (unpaired) electrons. The van der Waals surface area contributed by atoms with Crippen LogP contribution in [0.5, 0.6) is 5.75 Å². The van der Waals surface area contributed by atoms with Gasteiger partial charge in [0.25, 0.3) is 5.91 Å². The molecule has 1 aliphatic rings. The van der Waals surface area contributed by atoms with Crippen LogP contribution in [0.25, 0.3) is 6.08 Å². The summed E-state index contributed by atoms with van der Waals surface area (Å²) in [4.78, 5) is 13.6. The van der Waals surface area contributed by atoms with Gasteiger partial charge in [0.1, 0.15) is 18.1 Å². The third kappa shape index (κ3) is 5.14. The summed E-state index contributed by atoms with van der Waals surface area (Å²) in [5.74, 6) is 0.371. The lowest BCUT2D eigenvalue weighted by Gasteiger charge is -2.12. The summed E-state index contributed by atoms with van der Waals surface area (Å²) < 4.78 is 6.10. The first-order chi connectivity index (χ1) is 17.1. The fourth-order valence-corrected chi connectivity index (χ4v) is 4.20. The van der Waals surface area contributed by atoms with Gasteiger partial charge in [-0.15, -0.1) is 0 Å². The zero-order valence-corrected chi connectivity index (χ0v) is 20.1. The number of hydrazone groups is 1. The van der Waals surface area contributed by atoms with Crippen molar-refractivity contribution in [3.63, 3.8) is 0 Å². The number of hydrogen-bond donors (Lipinski definition) is 0. The molecule has 172 valence electrons. The second-order valence-electron chi connectivity index (χ2n) is 7.93. The van der Waals surface area contributed by atoms with Crippen LogP contribution in [-0.2, 0) is 11.4 Å². The van der Waals surface area contributed by atoms with Gasteiger partial charge in [-0.05, 0) is 54.1 Å². The molecule has 0 N–H and O–H groups in total. The van der Waals surface area contributed by atoms with Crippen LogP contribution in [0.3, 0.4) is 0 Å². The highest BCUT2D eigenvalue weighted by molar-refractivity contribution is 6.37. The zero-order chi connectivity index (χ0) is 24.2. The van der Waals surface area contributed by atoms with Gasteiger partial charge in [-0.2, -0.15) is 10.1 Å². The Morgan fingerprint density at radius 1 is 0.800 bits per heavy atom. The van der Waals surface area contributed by atoms with E-state index in [1.807, 2.05) is 84.9 Å². The number of carbonyl (C=O) groups excluding carboxylic acids is 1. The molecule has 4 aromatic carbocycles. The van der Waals surface area contributed by atoms with Crippen molar-refractivity contribution < 1.29 is 9.53 Å². The average Bonchev–Trinajstić information content (AvgIpc) is 3.20. The van der Waals surface area contributed by atoms with Gasteiger partial charge in [-0.3, -0.25) is 4.79 Å².